The fraction of sp³-hybridized carbons (Fsp3) is 0.611. The summed E-state index contributed by atoms with van der Waals surface area (Å²) in [5.41, 5.74) is 0.779. The molecule has 0 aliphatic rings. The van der Waals surface area contributed by atoms with E-state index in [9.17, 15) is 4.79 Å². The molecule has 0 aromatic heterocycles. The molecule has 0 heterocycles. The molecule has 0 fully saturated rings. The van der Waals surface area contributed by atoms with Gasteiger partial charge < -0.3 is 20.1 Å². The molecule has 0 saturated carbocycles. The zero-order valence-corrected chi connectivity index (χ0v) is 15.1. The topological polar surface area (TPSA) is 64.2 Å². The number of benzene rings is 1. The normalized spacial score (nSPS) is 11.2. The molecule has 5 heteroatoms. The number of unbranched alkanes of at least 4 members (excludes halogenated alkanes) is 1. The zero-order chi connectivity index (χ0) is 17.3. The number of quaternary nitrogens is 1. The van der Waals surface area contributed by atoms with Gasteiger partial charge in [0.15, 0.2) is 18.1 Å². The van der Waals surface area contributed by atoms with Gasteiger partial charge >= 0.3 is 0 Å². The number of nitrogens with two attached hydrogens (primary N) is 1. The van der Waals surface area contributed by atoms with Crippen LogP contribution in [0.5, 0.6) is 11.5 Å². The molecular weight excluding hydrogens is 292 g/mol. The Morgan fingerprint density at radius 3 is 2.65 bits per heavy atom. The Bertz CT molecular complexity index is 496. The minimum Gasteiger partial charge on any atom is -0.493 e. The van der Waals surface area contributed by atoms with Crippen molar-refractivity contribution < 1.29 is 19.6 Å². The number of hydrogen-bond donors (Lipinski definition) is 2. The van der Waals surface area contributed by atoms with E-state index >= 15 is 0 Å². The number of para-hydroxylation sites is 1. The Morgan fingerprint density at radius 1 is 1.30 bits per heavy atom. The average Bonchev–Trinajstić information content (AvgIpc) is 2.48. The minimum atomic E-state index is -0.266. The van der Waals surface area contributed by atoms with Crippen molar-refractivity contribution in [3.63, 3.8) is 0 Å². The van der Waals surface area contributed by atoms with Crippen molar-refractivity contribution in [1.82, 2.24) is 5.32 Å². The first-order chi connectivity index (χ1) is 10.9. The summed E-state index contributed by atoms with van der Waals surface area (Å²) in [4.78, 5) is 12.0. The number of ether oxygens (including phenoxy) is 2. The van der Waals surface area contributed by atoms with Crippen molar-refractivity contribution in [1.29, 1.82) is 0 Å². The van der Waals surface area contributed by atoms with E-state index in [1.165, 1.54) is 12.8 Å². The van der Waals surface area contributed by atoms with Crippen LogP contribution in [0.1, 0.15) is 46.1 Å². The molecule has 0 atom stereocenters. The summed E-state index contributed by atoms with van der Waals surface area (Å²) in [5, 5.41) is 5.14. The van der Waals surface area contributed by atoms with E-state index in [1.54, 1.807) is 7.11 Å². The molecule has 1 aromatic rings. The number of nitrogens with one attached hydrogen (secondary N) is 1. The van der Waals surface area contributed by atoms with E-state index < -0.39 is 0 Å². The van der Waals surface area contributed by atoms with Gasteiger partial charge in [0.1, 0.15) is 6.54 Å². The summed E-state index contributed by atoms with van der Waals surface area (Å²) in [6.45, 7) is 9.90. The first-order valence-corrected chi connectivity index (χ1v) is 8.28. The van der Waals surface area contributed by atoms with E-state index in [4.69, 9.17) is 9.47 Å². The Balaban J connectivity index is 2.72. The summed E-state index contributed by atoms with van der Waals surface area (Å²) >= 11 is 0. The van der Waals surface area contributed by atoms with Crippen LogP contribution in [0.3, 0.4) is 0 Å². The van der Waals surface area contributed by atoms with E-state index in [0.29, 0.717) is 11.5 Å². The van der Waals surface area contributed by atoms with Crippen LogP contribution in [-0.2, 0) is 11.3 Å². The molecule has 23 heavy (non-hydrogen) atoms. The lowest BCUT2D eigenvalue weighted by molar-refractivity contribution is -0.671. The molecule has 3 N–H and O–H groups in total. The summed E-state index contributed by atoms with van der Waals surface area (Å²) < 4.78 is 11.1. The van der Waals surface area contributed by atoms with Crippen LogP contribution in [0.2, 0.25) is 0 Å². The molecule has 5 nitrogen and oxygen atoms in total. The van der Waals surface area contributed by atoms with Crippen LogP contribution in [0.15, 0.2) is 18.2 Å². The molecule has 1 aromatic carbocycles. The zero-order valence-electron chi connectivity index (χ0n) is 15.1. The van der Waals surface area contributed by atoms with Gasteiger partial charge in [-0.2, -0.15) is 0 Å². The lowest BCUT2D eigenvalue weighted by Crippen LogP contribution is -2.82. The number of rotatable bonds is 9. The van der Waals surface area contributed by atoms with Crippen LogP contribution >= 0.6 is 0 Å². The number of methoxy groups -OCH3 is 1. The standard InChI is InChI=1S/C18H30N2O3/c1-6-7-11-19-12-14-9-8-10-15(22-5)17(14)23-13-16(21)20-18(2,3)4/h8-10,19H,6-7,11-13H2,1-5H3,(H,20,21)/p+1. The van der Waals surface area contributed by atoms with Crippen LogP contribution in [0, 0.1) is 0 Å². The highest BCUT2D eigenvalue weighted by Crippen LogP contribution is 2.30. The predicted molar refractivity (Wildman–Crippen MR) is 91.8 cm³/mol. The Kier molecular flexibility index (Phi) is 7.89. The van der Waals surface area contributed by atoms with Crippen molar-refractivity contribution in [3.8, 4) is 11.5 Å². The number of hydrogen-bond acceptors (Lipinski definition) is 3. The highest BCUT2D eigenvalue weighted by atomic mass is 16.5. The van der Waals surface area contributed by atoms with E-state index in [-0.39, 0.29) is 18.1 Å². The van der Waals surface area contributed by atoms with Crippen molar-refractivity contribution in [2.45, 2.75) is 52.6 Å². The number of carbonyl (C=O) groups is 1. The van der Waals surface area contributed by atoms with E-state index in [2.05, 4.69) is 17.6 Å². The van der Waals surface area contributed by atoms with Gasteiger partial charge in [-0.3, -0.25) is 4.79 Å². The first kappa shape index (κ1) is 19.3. The SMILES string of the molecule is CCCC[NH2+]Cc1cccc(OC)c1OCC(=O)NC(C)(C)C. The Hall–Kier alpha value is -1.75. The van der Waals surface area contributed by atoms with Gasteiger partial charge in [-0.05, 0) is 39.3 Å². The van der Waals surface area contributed by atoms with Gasteiger partial charge in [0.2, 0.25) is 0 Å². The fourth-order valence-corrected chi connectivity index (χ4v) is 2.24. The smallest absolute Gasteiger partial charge is 0.258 e. The molecule has 0 unspecified atom stereocenters. The molecule has 0 bridgehead atoms. The quantitative estimate of drug-likeness (QED) is 0.682. The molecule has 0 saturated heterocycles. The third-order valence-corrected chi connectivity index (χ3v) is 3.27. The highest BCUT2D eigenvalue weighted by molar-refractivity contribution is 5.78. The van der Waals surface area contributed by atoms with Crippen molar-refractivity contribution >= 4 is 5.91 Å². The summed E-state index contributed by atoms with van der Waals surface area (Å²) in [7, 11) is 1.61. The van der Waals surface area contributed by atoms with Crippen molar-refractivity contribution in [2.75, 3.05) is 20.3 Å². The van der Waals surface area contributed by atoms with Gasteiger partial charge in [0, 0.05) is 5.54 Å². The van der Waals surface area contributed by atoms with Crippen molar-refractivity contribution in [2.24, 2.45) is 0 Å². The molecule has 1 amide bonds. The largest absolute Gasteiger partial charge is 0.493 e. The van der Waals surface area contributed by atoms with Gasteiger partial charge in [0.25, 0.3) is 5.91 Å². The third kappa shape index (κ3) is 7.37. The summed E-state index contributed by atoms with van der Waals surface area (Å²) in [5.74, 6) is 1.19. The maximum Gasteiger partial charge on any atom is 0.258 e. The number of amides is 1. The van der Waals surface area contributed by atoms with Crippen molar-refractivity contribution in [3.05, 3.63) is 23.8 Å². The average molecular weight is 323 g/mol. The summed E-state index contributed by atoms with van der Waals surface area (Å²) in [6, 6.07) is 5.82. The molecule has 0 radical (unpaired) electrons. The molecular formula is C18H31N2O3+. The minimum absolute atomic E-state index is 0.0143. The molecule has 130 valence electrons. The van der Waals surface area contributed by atoms with Gasteiger partial charge in [-0.1, -0.05) is 19.4 Å². The van der Waals surface area contributed by atoms with Crippen LogP contribution in [-0.4, -0.2) is 31.7 Å². The number of carbonyl (C=O) groups excluding carboxylic acids is 1. The molecule has 1 rings (SSSR count). The molecule has 0 spiro atoms. The lowest BCUT2D eigenvalue weighted by Gasteiger charge is -2.21. The lowest BCUT2D eigenvalue weighted by atomic mass is 10.1. The monoisotopic (exact) mass is 323 g/mol. The van der Waals surface area contributed by atoms with E-state index in [1.807, 2.05) is 39.0 Å². The third-order valence-electron chi connectivity index (χ3n) is 3.27. The maximum atomic E-state index is 12.0. The molecule has 0 aliphatic carbocycles. The summed E-state index contributed by atoms with van der Waals surface area (Å²) in [6.07, 6.45) is 2.37. The Labute approximate surface area is 139 Å². The van der Waals surface area contributed by atoms with Crippen LogP contribution in [0.4, 0.5) is 0 Å². The predicted octanol–water partition coefficient (Wildman–Crippen LogP) is 1.85. The first-order valence-electron chi connectivity index (χ1n) is 8.28. The van der Waals surface area contributed by atoms with Gasteiger partial charge in [-0.25, -0.2) is 0 Å². The Morgan fingerprint density at radius 2 is 2.04 bits per heavy atom. The van der Waals surface area contributed by atoms with Crippen LogP contribution < -0.4 is 20.1 Å². The second kappa shape index (κ2) is 9.40. The highest BCUT2D eigenvalue weighted by Gasteiger charge is 2.17. The second-order valence-corrected chi connectivity index (χ2v) is 6.67. The van der Waals surface area contributed by atoms with Crippen LogP contribution in [0.25, 0.3) is 0 Å². The second-order valence-electron chi connectivity index (χ2n) is 6.67. The van der Waals surface area contributed by atoms with E-state index in [0.717, 1.165) is 18.7 Å². The van der Waals surface area contributed by atoms with Gasteiger partial charge in [-0.15, -0.1) is 0 Å². The maximum absolute atomic E-state index is 12.0. The van der Waals surface area contributed by atoms with Gasteiger partial charge in [0.05, 0.1) is 19.2 Å². The molecule has 0 aliphatic heterocycles. The fourth-order valence-electron chi connectivity index (χ4n) is 2.24.